The molecule has 0 fully saturated rings. The zero-order chi connectivity index (χ0) is 19.6. The summed E-state index contributed by atoms with van der Waals surface area (Å²) in [6.07, 6.45) is -2.80. The molecule has 0 heterocycles. The Morgan fingerprint density at radius 3 is 2.30 bits per heavy atom. The molecule has 27 heavy (non-hydrogen) atoms. The summed E-state index contributed by atoms with van der Waals surface area (Å²) in [5.41, 5.74) is 2.13. The number of hydrogen-bond donors (Lipinski definition) is 4. The molecule has 7 heteroatoms. The second-order valence-electron chi connectivity index (χ2n) is 6.05. The molecule has 0 spiro atoms. The summed E-state index contributed by atoms with van der Waals surface area (Å²) in [6.45, 7) is -0.0348. The van der Waals surface area contributed by atoms with E-state index in [1.54, 1.807) is 31.3 Å². The number of carbonyl (C=O) groups excluding carboxylic acids is 2. The Morgan fingerprint density at radius 1 is 1.00 bits per heavy atom. The molecule has 0 bridgehead atoms. The molecule has 2 rings (SSSR count). The van der Waals surface area contributed by atoms with Crippen molar-refractivity contribution in [2.24, 2.45) is 0 Å². The Bertz CT molecular complexity index is 734. The molecule has 2 atom stereocenters. The van der Waals surface area contributed by atoms with Crippen molar-refractivity contribution in [2.75, 3.05) is 13.6 Å². The highest BCUT2D eigenvalue weighted by Gasteiger charge is 2.19. The average Bonchev–Trinajstić information content (AvgIpc) is 2.71. The fraction of sp³-hybridized carbons (Fsp3) is 0.300. The summed E-state index contributed by atoms with van der Waals surface area (Å²) in [5, 5.41) is 25.2. The Balaban J connectivity index is 1.78. The number of aliphatic hydroxyl groups is 2. The largest absolute Gasteiger partial charge is 0.445 e. The minimum absolute atomic E-state index is 0.110. The van der Waals surface area contributed by atoms with E-state index < -0.39 is 18.3 Å². The van der Waals surface area contributed by atoms with E-state index in [4.69, 9.17) is 4.74 Å². The van der Waals surface area contributed by atoms with Crippen LogP contribution in [0.25, 0.3) is 0 Å². The molecule has 7 nitrogen and oxygen atoms in total. The van der Waals surface area contributed by atoms with Crippen LogP contribution in [0.5, 0.6) is 0 Å². The highest BCUT2D eigenvalue weighted by Crippen LogP contribution is 2.17. The van der Waals surface area contributed by atoms with Crippen molar-refractivity contribution < 1.29 is 24.5 Å². The van der Waals surface area contributed by atoms with Crippen LogP contribution in [0.2, 0.25) is 0 Å². The summed E-state index contributed by atoms with van der Waals surface area (Å²) in [7, 11) is 1.56. The van der Waals surface area contributed by atoms with E-state index in [1.807, 2.05) is 30.3 Å². The molecule has 2 unspecified atom stereocenters. The van der Waals surface area contributed by atoms with Crippen molar-refractivity contribution >= 4 is 12.0 Å². The number of aliphatic hydroxyl groups excluding tert-OH is 2. The first-order valence-electron chi connectivity index (χ1n) is 8.59. The molecule has 0 aliphatic carbocycles. The van der Waals surface area contributed by atoms with Gasteiger partial charge in [-0.2, -0.15) is 0 Å². The van der Waals surface area contributed by atoms with Crippen molar-refractivity contribution in [3.8, 4) is 0 Å². The van der Waals surface area contributed by atoms with Crippen LogP contribution >= 0.6 is 0 Å². The van der Waals surface area contributed by atoms with Crippen molar-refractivity contribution in [3.05, 3.63) is 71.3 Å². The summed E-state index contributed by atoms with van der Waals surface area (Å²) >= 11 is 0. The zero-order valence-electron chi connectivity index (χ0n) is 15.1. The van der Waals surface area contributed by atoms with Gasteiger partial charge in [0.15, 0.2) is 0 Å². The number of amides is 2. The molecule has 0 radical (unpaired) electrons. The summed E-state index contributed by atoms with van der Waals surface area (Å²) < 4.78 is 5.05. The molecule has 0 aliphatic heterocycles. The highest BCUT2D eigenvalue weighted by molar-refractivity contribution is 5.78. The Hall–Kier alpha value is -2.90. The molecule has 2 aromatic carbocycles. The molecular weight excluding hydrogens is 348 g/mol. The number of likely N-dealkylation sites (N-methyl/N-ethyl adjacent to an activating group) is 1. The first-order chi connectivity index (χ1) is 13.0. The van der Waals surface area contributed by atoms with Gasteiger partial charge in [-0.3, -0.25) is 4.79 Å². The van der Waals surface area contributed by atoms with Gasteiger partial charge in [0.05, 0.1) is 6.42 Å². The average molecular weight is 372 g/mol. The normalized spacial score (nSPS) is 12.7. The lowest BCUT2D eigenvalue weighted by atomic mass is 10.0. The SMILES string of the molecule is CNC(=O)Cc1ccc(C(O)C(O)CNC(=O)OCc2ccccc2)cc1. The third-order valence-electron chi connectivity index (χ3n) is 4.00. The summed E-state index contributed by atoms with van der Waals surface area (Å²) in [6, 6.07) is 15.9. The van der Waals surface area contributed by atoms with E-state index in [-0.39, 0.29) is 25.5 Å². The van der Waals surface area contributed by atoms with Crippen LogP contribution in [-0.2, 0) is 22.6 Å². The zero-order valence-corrected chi connectivity index (χ0v) is 15.1. The summed E-state index contributed by atoms with van der Waals surface area (Å²) in [5.74, 6) is -0.110. The Labute approximate surface area is 158 Å². The maximum atomic E-state index is 11.7. The van der Waals surface area contributed by atoms with E-state index in [0.29, 0.717) is 5.56 Å². The topological polar surface area (TPSA) is 108 Å². The van der Waals surface area contributed by atoms with E-state index in [1.165, 1.54) is 0 Å². The van der Waals surface area contributed by atoms with Crippen LogP contribution in [0.15, 0.2) is 54.6 Å². The molecule has 2 amide bonds. The lowest BCUT2D eigenvalue weighted by Gasteiger charge is -2.19. The van der Waals surface area contributed by atoms with Gasteiger partial charge in [-0.15, -0.1) is 0 Å². The van der Waals surface area contributed by atoms with Gasteiger partial charge in [-0.1, -0.05) is 54.6 Å². The Kier molecular flexibility index (Phi) is 7.79. The van der Waals surface area contributed by atoms with E-state index in [0.717, 1.165) is 11.1 Å². The second-order valence-corrected chi connectivity index (χ2v) is 6.05. The lowest BCUT2D eigenvalue weighted by molar-refractivity contribution is -0.119. The highest BCUT2D eigenvalue weighted by atomic mass is 16.5. The second kappa shape index (κ2) is 10.3. The molecule has 0 saturated carbocycles. The monoisotopic (exact) mass is 372 g/mol. The number of hydrogen-bond acceptors (Lipinski definition) is 5. The van der Waals surface area contributed by atoms with Crippen LogP contribution in [0, 0.1) is 0 Å². The van der Waals surface area contributed by atoms with E-state index in [9.17, 15) is 19.8 Å². The van der Waals surface area contributed by atoms with Gasteiger partial charge in [0.1, 0.15) is 18.8 Å². The molecule has 2 aromatic rings. The molecule has 0 saturated heterocycles. The van der Waals surface area contributed by atoms with Crippen molar-refractivity contribution in [1.29, 1.82) is 0 Å². The quantitative estimate of drug-likeness (QED) is 0.559. The minimum atomic E-state index is -1.20. The number of rotatable bonds is 8. The van der Waals surface area contributed by atoms with Crippen LogP contribution in [0.3, 0.4) is 0 Å². The number of ether oxygens (including phenoxy) is 1. The number of alkyl carbamates (subject to hydrolysis) is 1. The fourth-order valence-corrected chi connectivity index (χ4v) is 2.40. The van der Waals surface area contributed by atoms with Gasteiger partial charge in [-0.25, -0.2) is 4.79 Å². The third kappa shape index (κ3) is 6.73. The molecule has 0 aromatic heterocycles. The fourth-order valence-electron chi connectivity index (χ4n) is 2.40. The first-order valence-corrected chi connectivity index (χ1v) is 8.59. The summed E-state index contributed by atoms with van der Waals surface area (Å²) in [4.78, 5) is 23.0. The first kappa shape index (κ1) is 20.4. The Morgan fingerprint density at radius 2 is 1.67 bits per heavy atom. The van der Waals surface area contributed by atoms with Crippen molar-refractivity contribution in [3.63, 3.8) is 0 Å². The maximum Gasteiger partial charge on any atom is 0.407 e. The van der Waals surface area contributed by atoms with Crippen LogP contribution in [0.1, 0.15) is 22.8 Å². The third-order valence-corrected chi connectivity index (χ3v) is 4.00. The molecule has 144 valence electrons. The van der Waals surface area contributed by atoms with E-state index in [2.05, 4.69) is 10.6 Å². The predicted octanol–water partition coefficient (Wildman–Crippen LogP) is 1.30. The lowest BCUT2D eigenvalue weighted by Crippen LogP contribution is -2.35. The molecule has 0 aliphatic rings. The van der Waals surface area contributed by atoms with Crippen molar-refractivity contribution in [2.45, 2.75) is 25.2 Å². The smallest absolute Gasteiger partial charge is 0.407 e. The van der Waals surface area contributed by atoms with Crippen LogP contribution in [0.4, 0.5) is 4.79 Å². The maximum absolute atomic E-state index is 11.7. The van der Waals surface area contributed by atoms with Gasteiger partial charge in [-0.05, 0) is 16.7 Å². The number of nitrogens with one attached hydrogen (secondary N) is 2. The number of benzene rings is 2. The molecular formula is C20H24N2O5. The molecule has 4 N–H and O–H groups in total. The van der Waals surface area contributed by atoms with Crippen molar-refractivity contribution in [1.82, 2.24) is 10.6 Å². The van der Waals surface area contributed by atoms with Gasteiger partial charge in [0.25, 0.3) is 0 Å². The van der Waals surface area contributed by atoms with Gasteiger partial charge in [0.2, 0.25) is 5.91 Å². The predicted molar refractivity (Wildman–Crippen MR) is 99.8 cm³/mol. The van der Waals surface area contributed by atoms with Gasteiger partial charge < -0.3 is 25.6 Å². The van der Waals surface area contributed by atoms with Gasteiger partial charge in [0, 0.05) is 13.6 Å². The van der Waals surface area contributed by atoms with Gasteiger partial charge >= 0.3 is 6.09 Å². The number of carbonyl (C=O) groups is 2. The standard InChI is InChI=1S/C20H24N2O5/c1-21-18(24)11-14-7-9-16(10-8-14)19(25)17(23)12-22-20(26)27-13-15-5-3-2-4-6-15/h2-10,17,19,23,25H,11-13H2,1H3,(H,21,24)(H,22,26). The minimum Gasteiger partial charge on any atom is -0.445 e. The van der Waals surface area contributed by atoms with Crippen LogP contribution < -0.4 is 10.6 Å². The van der Waals surface area contributed by atoms with E-state index >= 15 is 0 Å². The van der Waals surface area contributed by atoms with Crippen LogP contribution in [-0.4, -0.2) is 41.9 Å².